The molecule has 1 unspecified atom stereocenters. The lowest BCUT2D eigenvalue weighted by Crippen LogP contribution is -2.42. The number of carbonyl (C=O) groups excluding carboxylic acids is 1. The Morgan fingerprint density at radius 2 is 2.13 bits per heavy atom. The molecule has 0 aromatic heterocycles. The van der Waals surface area contributed by atoms with Gasteiger partial charge in [0.15, 0.2) is 0 Å². The van der Waals surface area contributed by atoms with E-state index in [4.69, 9.17) is 9.39 Å². The molecular weight excluding hydrogens is 293 g/mol. The highest BCUT2D eigenvalue weighted by atomic mass is 16.5. The molecule has 3 rings (SSSR count). The van der Waals surface area contributed by atoms with E-state index in [9.17, 15) is 9.82 Å². The molecule has 2 aromatic rings. The van der Waals surface area contributed by atoms with Crippen LogP contribution in [0.25, 0.3) is 0 Å². The molecule has 2 aromatic carbocycles. The van der Waals surface area contributed by atoms with Crippen molar-refractivity contribution >= 4 is 24.4 Å². The van der Waals surface area contributed by atoms with Gasteiger partial charge in [0, 0.05) is 18.2 Å². The van der Waals surface area contributed by atoms with E-state index in [-0.39, 0.29) is 12.5 Å². The van der Waals surface area contributed by atoms with Crippen LogP contribution in [0.3, 0.4) is 0 Å². The fourth-order valence-electron chi connectivity index (χ4n) is 2.61. The highest BCUT2D eigenvalue weighted by molar-refractivity contribution is 6.61. The molecule has 1 aliphatic rings. The predicted octanol–water partition coefficient (Wildman–Crippen LogP) is 2.26. The molecule has 1 heterocycles. The van der Waals surface area contributed by atoms with Crippen molar-refractivity contribution in [1.82, 2.24) is 0 Å². The first kappa shape index (κ1) is 15.6. The SMILES string of the molecule is CC1COB(O)c2cc(NC(=O)OCc3ccccc3)ccc21. The standard InChI is InChI=1S/C17H18BNO4/c1-12-10-23-18(21)16-9-14(7-8-15(12)16)19-17(20)22-11-13-5-3-2-4-6-13/h2-9,12,21H,10-11H2,1H3,(H,19,20). The third-order valence-corrected chi connectivity index (χ3v) is 3.85. The van der Waals surface area contributed by atoms with E-state index in [0.29, 0.717) is 17.8 Å². The second-order valence-electron chi connectivity index (χ2n) is 5.62. The van der Waals surface area contributed by atoms with E-state index in [1.165, 1.54) is 0 Å². The van der Waals surface area contributed by atoms with Gasteiger partial charge in [-0.15, -0.1) is 0 Å². The molecule has 0 saturated carbocycles. The maximum atomic E-state index is 11.9. The quantitative estimate of drug-likeness (QED) is 0.853. The Kier molecular flexibility index (Phi) is 4.64. The number of amides is 1. The Labute approximate surface area is 135 Å². The van der Waals surface area contributed by atoms with E-state index in [2.05, 4.69) is 5.32 Å². The zero-order valence-corrected chi connectivity index (χ0v) is 12.9. The number of nitrogens with one attached hydrogen (secondary N) is 1. The van der Waals surface area contributed by atoms with Crippen LogP contribution in [-0.2, 0) is 16.0 Å². The molecule has 0 bridgehead atoms. The molecule has 1 aliphatic heterocycles. The van der Waals surface area contributed by atoms with Crippen LogP contribution in [0.5, 0.6) is 0 Å². The van der Waals surface area contributed by atoms with Gasteiger partial charge in [0.1, 0.15) is 6.61 Å². The predicted molar refractivity (Wildman–Crippen MR) is 88.7 cm³/mol. The van der Waals surface area contributed by atoms with Crippen molar-refractivity contribution in [2.24, 2.45) is 0 Å². The first-order valence-corrected chi connectivity index (χ1v) is 7.54. The van der Waals surface area contributed by atoms with Gasteiger partial charge < -0.3 is 14.4 Å². The molecular formula is C17H18BNO4. The Hall–Kier alpha value is -2.31. The summed E-state index contributed by atoms with van der Waals surface area (Å²) in [6.45, 7) is 2.73. The molecule has 6 heteroatoms. The normalized spacial score (nSPS) is 16.6. The summed E-state index contributed by atoms with van der Waals surface area (Å²) in [4.78, 5) is 11.9. The maximum absolute atomic E-state index is 11.9. The number of anilines is 1. The molecule has 2 N–H and O–H groups in total. The van der Waals surface area contributed by atoms with Crippen molar-refractivity contribution in [3.05, 3.63) is 59.7 Å². The second kappa shape index (κ2) is 6.85. The molecule has 23 heavy (non-hydrogen) atoms. The number of fused-ring (bicyclic) bond motifs is 1. The first-order valence-electron chi connectivity index (χ1n) is 7.54. The summed E-state index contributed by atoms with van der Waals surface area (Å²) in [5.74, 6) is 0.215. The molecule has 0 aliphatic carbocycles. The van der Waals surface area contributed by atoms with Crippen LogP contribution < -0.4 is 10.8 Å². The summed E-state index contributed by atoms with van der Waals surface area (Å²) < 4.78 is 10.5. The van der Waals surface area contributed by atoms with Gasteiger partial charge in [-0.05, 0) is 28.7 Å². The van der Waals surface area contributed by atoms with Crippen molar-refractivity contribution in [1.29, 1.82) is 0 Å². The fraction of sp³-hybridized carbons (Fsp3) is 0.235. The van der Waals surface area contributed by atoms with Crippen molar-refractivity contribution < 1.29 is 19.2 Å². The van der Waals surface area contributed by atoms with Gasteiger partial charge >= 0.3 is 13.2 Å². The number of benzene rings is 2. The third kappa shape index (κ3) is 3.72. The molecule has 0 saturated heterocycles. The lowest BCUT2D eigenvalue weighted by Gasteiger charge is -2.25. The van der Waals surface area contributed by atoms with Gasteiger partial charge in [-0.3, -0.25) is 5.32 Å². The molecule has 118 valence electrons. The third-order valence-electron chi connectivity index (χ3n) is 3.85. The van der Waals surface area contributed by atoms with Crippen LogP contribution in [0.1, 0.15) is 24.0 Å². The van der Waals surface area contributed by atoms with Gasteiger partial charge in [0.25, 0.3) is 0 Å². The minimum absolute atomic E-state index is 0.209. The topological polar surface area (TPSA) is 67.8 Å². The molecule has 5 nitrogen and oxygen atoms in total. The van der Waals surface area contributed by atoms with Crippen molar-refractivity contribution in [2.75, 3.05) is 11.9 Å². The average Bonchev–Trinajstić information content (AvgIpc) is 2.57. The molecule has 0 fully saturated rings. The van der Waals surface area contributed by atoms with Crippen LogP contribution >= 0.6 is 0 Å². The zero-order chi connectivity index (χ0) is 16.2. The van der Waals surface area contributed by atoms with Crippen molar-refractivity contribution in [3.63, 3.8) is 0 Å². The lowest BCUT2D eigenvalue weighted by atomic mass is 9.71. The van der Waals surface area contributed by atoms with Crippen LogP contribution in [0.2, 0.25) is 0 Å². The summed E-state index contributed by atoms with van der Waals surface area (Å²) in [6.07, 6.45) is -0.534. The van der Waals surface area contributed by atoms with Crippen molar-refractivity contribution in [3.8, 4) is 0 Å². The molecule has 0 radical (unpaired) electrons. The minimum Gasteiger partial charge on any atom is -0.444 e. The van der Waals surface area contributed by atoms with E-state index in [0.717, 1.165) is 11.1 Å². The number of hydrogen-bond donors (Lipinski definition) is 2. The van der Waals surface area contributed by atoms with Gasteiger partial charge in [-0.25, -0.2) is 4.79 Å². The highest BCUT2D eigenvalue weighted by Crippen LogP contribution is 2.21. The smallest absolute Gasteiger partial charge is 0.444 e. The first-order chi connectivity index (χ1) is 11.1. The largest absolute Gasteiger partial charge is 0.491 e. The summed E-state index contributed by atoms with van der Waals surface area (Å²) in [7, 11) is -0.955. The lowest BCUT2D eigenvalue weighted by molar-refractivity contribution is 0.155. The van der Waals surface area contributed by atoms with Crippen LogP contribution in [0.15, 0.2) is 48.5 Å². The highest BCUT2D eigenvalue weighted by Gasteiger charge is 2.29. The van der Waals surface area contributed by atoms with E-state index in [1.54, 1.807) is 12.1 Å². The van der Waals surface area contributed by atoms with Gasteiger partial charge in [-0.2, -0.15) is 0 Å². The van der Waals surface area contributed by atoms with E-state index >= 15 is 0 Å². The van der Waals surface area contributed by atoms with E-state index < -0.39 is 13.2 Å². The van der Waals surface area contributed by atoms with Crippen molar-refractivity contribution in [2.45, 2.75) is 19.4 Å². The molecule has 1 amide bonds. The summed E-state index contributed by atoms with van der Waals surface area (Å²) >= 11 is 0. The minimum atomic E-state index is -0.955. The van der Waals surface area contributed by atoms with Crippen LogP contribution in [0, 0.1) is 0 Å². The van der Waals surface area contributed by atoms with Gasteiger partial charge in [-0.1, -0.05) is 43.3 Å². The molecule has 1 atom stereocenters. The number of hydrogen-bond acceptors (Lipinski definition) is 4. The average molecular weight is 311 g/mol. The fourth-order valence-corrected chi connectivity index (χ4v) is 2.61. The summed E-state index contributed by atoms with van der Waals surface area (Å²) in [5.41, 5.74) is 3.21. The Morgan fingerprint density at radius 3 is 2.91 bits per heavy atom. The van der Waals surface area contributed by atoms with Gasteiger partial charge in [0.2, 0.25) is 0 Å². The summed E-state index contributed by atoms with van der Waals surface area (Å²) in [6, 6.07) is 14.9. The second-order valence-corrected chi connectivity index (χ2v) is 5.62. The van der Waals surface area contributed by atoms with Crippen LogP contribution in [-0.4, -0.2) is 24.8 Å². The Bertz CT molecular complexity index is 692. The monoisotopic (exact) mass is 311 g/mol. The zero-order valence-electron chi connectivity index (χ0n) is 12.9. The number of rotatable bonds is 3. The summed E-state index contributed by atoms with van der Waals surface area (Å²) in [5, 5.41) is 12.6. The Balaban J connectivity index is 1.64. The van der Waals surface area contributed by atoms with Gasteiger partial charge in [0.05, 0.1) is 0 Å². The Morgan fingerprint density at radius 1 is 1.35 bits per heavy atom. The van der Waals surface area contributed by atoms with E-state index in [1.807, 2.05) is 43.3 Å². The number of ether oxygens (including phenoxy) is 1. The maximum Gasteiger partial charge on any atom is 0.491 e. The molecule has 0 spiro atoms. The van der Waals surface area contributed by atoms with Crippen LogP contribution in [0.4, 0.5) is 10.5 Å². The number of carbonyl (C=O) groups is 1.